The molecule has 15 nitrogen and oxygen atoms in total. The number of nitrogens with two attached hydrogens (primary N) is 1. The van der Waals surface area contributed by atoms with Gasteiger partial charge in [-0.2, -0.15) is 5.53 Å². The Labute approximate surface area is 229 Å². The second-order valence-corrected chi connectivity index (χ2v) is 10.1. The molecular formula is C24H49N5O10. The van der Waals surface area contributed by atoms with Gasteiger partial charge in [0.15, 0.2) is 0 Å². The average Bonchev–Trinajstić information content (AvgIpc) is 2.90. The highest BCUT2D eigenvalue weighted by atomic mass is 16.4. The number of carbonyl (C=O) groups excluding carboxylic acids is 2. The largest absolute Gasteiger partial charge is 0.481 e. The van der Waals surface area contributed by atoms with Crippen molar-refractivity contribution in [3.8, 4) is 0 Å². The smallest absolute Gasteiger partial charge is 0.303 e. The lowest BCUT2D eigenvalue weighted by Crippen LogP contribution is -2.55. The van der Waals surface area contributed by atoms with E-state index in [0.717, 1.165) is 0 Å². The molecule has 0 aliphatic heterocycles. The van der Waals surface area contributed by atoms with Crippen molar-refractivity contribution >= 4 is 17.8 Å². The molecule has 0 aromatic heterocycles. The maximum absolute atomic E-state index is 12.7. The molecule has 0 aliphatic rings. The summed E-state index contributed by atoms with van der Waals surface area (Å²) < 4.78 is 0. The number of nitrogens with one attached hydrogen (secondary N) is 1. The van der Waals surface area contributed by atoms with Gasteiger partial charge in [-0.05, 0) is 30.6 Å². The van der Waals surface area contributed by atoms with Gasteiger partial charge < -0.3 is 45.5 Å². The van der Waals surface area contributed by atoms with Crippen molar-refractivity contribution in [3.63, 3.8) is 0 Å². The molecule has 6 atom stereocenters. The molecule has 0 saturated heterocycles. The monoisotopic (exact) mass is 567 g/mol. The summed E-state index contributed by atoms with van der Waals surface area (Å²) in [6.45, 7) is -0.410. The number of aliphatic carboxylic acids is 1. The molecule has 230 valence electrons. The molecule has 0 aliphatic carbocycles. The van der Waals surface area contributed by atoms with E-state index in [4.69, 9.17) is 16.1 Å². The molecule has 0 rings (SSSR count). The molecule has 0 fully saturated rings. The van der Waals surface area contributed by atoms with Crippen LogP contribution in [0, 0.1) is 17.8 Å². The van der Waals surface area contributed by atoms with Crippen LogP contribution in [0.1, 0.15) is 39.0 Å². The third kappa shape index (κ3) is 14.3. The van der Waals surface area contributed by atoms with Gasteiger partial charge in [-0.1, -0.05) is 13.3 Å². The van der Waals surface area contributed by atoms with Crippen LogP contribution in [-0.2, 0) is 14.4 Å². The fourth-order valence-electron chi connectivity index (χ4n) is 4.56. The predicted octanol–water partition coefficient (Wildman–Crippen LogP) is -3.45. The van der Waals surface area contributed by atoms with Gasteiger partial charge in [0.1, 0.15) is 0 Å². The molecule has 15 heteroatoms. The number of aliphatic hydroxyl groups is 6. The van der Waals surface area contributed by atoms with Crippen molar-refractivity contribution in [2.45, 2.75) is 57.3 Å². The highest BCUT2D eigenvalue weighted by Gasteiger charge is 2.31. The van der Waals surface area contributed by atoms with Crippen molar-refractivity contribution in [2.75, 3.05) is 60.2 Å². The van der Waals surface area contributed by atoms with E-state index in [2.05, 4.69) is 5.53 Å². The Morgan fingerprint density at radius 1 is 0.795 bits per heavy atom. The lowest BCUT2D eigenvalue weighted by Gasteiger charge is -2.34. The van der Waals surface area contributed by atoms with Crippen LogP contribution in [0.3, 0.4) is 0 Å². The number of hydrogen-bond acceptors (Lipinski definition) is 12. The van der Waals surface area contributed by atoms with Crippen LogP contribution in [0.4, 0.5) is 0 Å². The Balaban J connectivity index is 5.54. The van der Waals surface area contributed by atoms with E-state index >= 15 is 0 Å². The summed E-state index contributed by atoms with van der Waals surface area (Å²) in [5.74, 6) is 2.47. The highest BCUT2D eigenvalue weighted by Crippen LogP contribution is 2.31. The first-order valence-electron chi connectivity index (χ1n) is 13.1. The van der Waals surface area contributed by atoms with E-state index in [1.54, 1.807) is 0 Å². The molecule has 0 aromatic rings. The molecule has 2 amide bonds. The van der Waals surface area contributed by atoms with Crippen molar-refractivity contribution in [1.82, 2.24) is 20.3 Å². The SMILES string of the molecule is CCC(CC(=O)N(C)CC(O)CO)C(CO)CC(CC(=O)O)CC(CO)N(CC(=O)N(C)CC(O)CO)NN. The van der Waals surface area contributed by atoms with E-state index in [0.29, 0.717) is 6.42 Å². The van der Waals surface area contributed by atoms with Crippen LogP contribution in [0.5, 0.6) is 0 Å². The zero-order valence-electron chi connectivity index (χ0n) is 23.2. The number of carbonyl (C=O) groups is 3. The number of hydrazine groups is 2. The van der Waals surface area contributed by atoms with Crippen molar-refractivity contribution in [3.05, 3.63) is 0 Å². The van der Waals surface area contributed by atoms with E-state index < -0.39 is 61.8 Å². The lowest BCUT2D eigenvalue weighted by atomic mass is 9.78. The van der Waals surface area contributed by atoms with E-state index in [9.17, 15) is 39.9 Å². The zero-order valence-corrected chi connectivity index (χ0v) is 23.2. The molecule has 6 unspecified atom stereocenters. The molecule has 39 heavy (non-hydrogen) atoms. The Kier molecular flexibility index (Phi) is 19.0. The van der Waals surface area contributed by atoms with Crippen LogP contribution < -0.4 is 11.4 Å². The molecule has 0 aromatic carbocycles. The van der Waals surface area contributed by atoms with Gasteiger partial charge in [-0.15, -0.1) is 0 Å². The first kappa shape index (κ1) is 37.0. The third-order valence-corrected chi connectivity index (χ3v) is 6.93. The molecule has 0 radical (unpaired) electrons. The molecule has 0 saturated carbocycles. The standard InChI is InChI=1S/C24H49N5O10/c1-4-17(8-22(36)27(2)9-20(34)14-32)18(12-30)5-16(7-24(38)39)6-19(13-31)29(26-25)11-23(37)28(3)10-21(35)15-33/h16-21,26,30-35H,4-15,25H2,1-3H3,(H,38,39). The first-order chi connectivity index (χ1) is 18.4. The first-order valence-corrected chi connectivity index (χ1v) is 13.1. The highest BCUT2D eigenvalue weighted by molar-refractivity contribution is 5.78. The van der Waals surface area contributed by atoms with Crippen molar-refractivity contribution < 1.29 is 50.1 Å². The summed E-state index contributed by atoms with van der Waals surface area (Å²) in [5, 5.41) is 68.1. The summed E-state index contributed by atoms with van der Waals surface area (Å²) in [6, 6.07) is -0.772. The summed E-state index contributed by atoms with van der Waals surface area (Å²) in [5.41, 5.74) is 2.35. The number of amides is 2. The van der Waals surface area contributed by atoms with Crippen LogP contribution in [-0.4, -0.2) is 147 Å². The summed E-state index contributed by atoms with van der Waals surface area (Å²) in [4.78, 5) is 39.4. The maximum Gasteiger partial charge on any atom is 0.303 e. The molecule has 0 heterocycles. The van der Waals surface area contributed by atoms with Gasteiger partial charge in [0.2, 0.25) is 11.8 Å². The van der Waals surface area contributed by atoms with Gasteiger partial charge in [0.25, 0.3) is 0 Å². The van der Waals surface area contributed by atoms with Crippen LogP contribution in [0.15, 0.2) is 0 Å². The molecule has 10 N–H and O–H groups in total. The summed E-state index contributed by atoms with van der Waals surface area (Å²) in [7, 11) is 2.93. The van der Waals surface area contributed by atoms with Gasteiger partial charge in [-0.25, -0.2) is 5.01 Å². The molecule has 0 bridgehead atoms. The number of nitrogens with zero attached hydrogens (tertiary/aromatic N) is 3. The van der Waals surface area contributed by atoms with E-state index in [1.165, 1.54) is 28.9 Å². The Morgan fingerprint density at radius 3 is 1.74 bits per heavy atom. The topological polar surface area (TPSA) is 241 Å². The Bertz CT molecular complexity index is 669. The minimum atomic E-state index is -1.12. The second kappa shape index (κ2) is 20.0. The third-order valence-electron chi connectivity index (χ3n) is 6.93. The summed E-state index contributed by atoms with van der Waals surface area (Å²) in [6.07, 6.45) is -1.58. The fourth-order valence-corrected chi connectivity index (χ4v) is 4.56. The minimum Gasteiger partial charge on any atom is -0.481 e. The lowest BCUT2D eigenvalue weighted by molar-refractivity contribution is -0.139. The van der Waals surface area contributed by atoms with Crippen LogP contribution in [0.2, 0.25) is 0 Å². The van der Waals surface area contributed by atoms with Gasteiger partial charge in [0, 0.05) is 52.7 Å². The summed E-state index contributed by atoms with van der Waals surface area (Å²) >= 11 is 0. The average molecular weight is 568 g/mol. The normalized spacial score (nSPS) is 16.3. The number of rotatable bonds is 22. The van der Waals surface area contributed by atoms with Gasteiger partial charge in [-0.3, -0.25) is 20.2 Å². The number of likely N-dealkylation sites (N-methyl/N-ethyl adjacent to an activating group) is 2. The van der Waals surface area contributed by atoms with Gasteiger partial charge in [0.05, 0.1) is 38.6 Å². The number of hydrogen-bond donors (Lipinski definition) is 9. The van der Waals surface area contributed by atoms with E-state index in [-0.39, 0.29) is 63.7 Å². The molecular weight excluding hydrogens is 518 g/mol. The van der Waals surface area contributed by atoms with Crippen molar-refractivity contribution in [2.24, 2.45) is 23.6 Å². The zero-order chi connectivity index (χ0) is 30.1. The van der Waals surface area contributed by atoms with Crippen LogP contribution >= 0.6 is 0 Å². The fraction of sp³-hybridized carbons (Fsp3) is 0.875. The Hall–Kier alpha value is -1.95. The Morgan fingerprint density at radius 2 is 1.33 bits per heavy atom. The molecule has 0 spiro atoms. The second-order valence-electron chi connectivity index (χ2n) is 10.1. The van der Waals surface area contributed by atoms with Crippen LogP contribution in [0.25, 0.3) is 0 Å². The van der Waals surface area contributed by atoms with Gasteiger partial charge >= 0.3 is 5.97 Å². The minimum absolute atomic E-state index is 0.0514. The quantitative estimate of drug-likeness (QED) is 0.0457. The van der Waals surface area contributed by atoms with E-state index in [1.807, 2.05) is 6.92 Å². The number of aliphatic hydroxyl groups excluding tert-OH is 6. The predicted molar refractivity (Wildman–Crippen MR) is 140 cm³/mol. The number of carboxylic acids is 1. The maximum atomic E-state index is 12.7. The number of carboxylic acid groups (broad SMARTS) is 1. The van der Waals surface area contributed by atoms with Crippen molar-refractivity contribution in [1.29, 1.82) is 0 Å².